The number of fused-ring (bicyclic) bond motifs is 1. The smallest absolute Gasteiger partial charge is 0.0440 e. The van der Waals surface area contributed by atoms with E-state index in [1.807, 2.05) is 6.07 Å². The van der Waals surface area contributed by atoms with Crippen molar-refractivity contribution in [2.75, 3.05) is 0 Å². The highest BCUT2D eigenvalue weighted by Gasteiger charge is 2.41. The molecule has 0 amide bonds. The van der Waals surface area contributed by atoms with E-state index in [2.05, 4.69) is 12.1 Å². The van der Waals surface area contributed by atoms with Crippen molar-refractivity contribution >= 4 is 11.6 Å². The quantitative estimate of drug-likeness (QED) is 0.815. The predicted molar refractivity (Wildman–Crippen MR) is 63.3 cm³/mol. The van der Waals surface area contributed by atoms with Gasteiger partial charge in [0.15, 0.2) is 0 Å². The Balaban J connectivity index is 1.88. The topological polar surface area (TPSA) is 26.0 Å². The lowest BCUT2D eigenvalue weighted by atomic mass is 9.93. The Morgan fingerprint density at radius 3 is 2.93 bits per heavy atom. The van der Waals surface area contributed by atoms with Gasteiger partial charge in [0.05, 0.1) is 0 Å². The molecule has 0 aliphatic heterocycles. The Bertz CT molecular complexity index is 396. The van der Waals surface area contributed by atoms with Crippen LogP contribution in [0.3, 0.4) is 0 Å². The summed E-state index contributed by atoms with van der Waals surface area (Å²) in [6.45, 7) is 0. The van der Waals surface area contributed by atoms with Crippen molar-refractivity contribution in [3.63, 3.8) is 0 Å². The van der Waals surface area contributed by atoms with Crippen LogP contribution < -0.4 is 5.73 Å². The molecule has 0 radical (unpaired) electrons. The van der Waals surface area contributed by atoms with Gasteiger partial charge < -0.3 is 5.73 Å². The number of nitrogens with two attached hydrogens (primary N) is 1. The molecule has 3 rings (SSSR count). The zero-order valence-electron chi connectivity index (χ0n) is 8.80. The first-order valence-electron chi connectivity index (χ1n) is 5.74. The van der Waals surface area contributed by atoms with Crippen molar-refractivity contribution in [3.8, 4) is 0 Å². The van der Waals surface area contributed by atoms with E-state index in [0.29, 0.717) is 5.92 Å². The summed E-state index contributed by atoms with van der Waals surface area (Å²) >= 11 is 6.19. The van der Waals surface area contributed by atoms with E-state index in [0.717, 1.165) is 17.9 Å². The van der Waals surface area contributed by atoms with Gasteiger partial charge >= 0.3 is 0 Å². The van der Waals surface area contributed by atoms with Crippen LogP contribution in [0.2, 0.25) is 5.02 Å². The molecular weight excluding hydrogens is 206 g/mol. The largest absolute Gasteiger partial charge is 0.325 e. The number of hydrogen-bond donors (Lipinski definition) is 1. The molecule has 0 aromatic heterocycles. The summed E-state index contributed by atoms with van der Waals surface area (Å²) in [7, 11) is 0. The lowest BCUT2D eigenvalue weighted by Crippen LogP contribution is -2.23. The fourth-order valence-electron chi connectivity index (χ4n) is 2.76. The molecule has 80 valence electrons. The van der Waals surface area contributed by atoms with Crippen molar-refractivity contribution in [1.82, 2.24) is 0 Å². The average Bonchev–Trinajstić information content (AvgIpc) is 2.78. The van der Waals surface area contributed by atoms with Crippen molar-refractivity contribution < 1.29 is 0 Å². The SMILES string of the molecule is NC1(CC2CCc3c(Cl)cccc32)CC1. The molecule has 2 aliphatic rings. The van der Waals surface area contributed by atoms with Crippen molar-refractivity contribution in [1.29, 1.82) is 0 Å². The van der Waals surface area contributed by atoms with Gasteiger partial charge in [0.2, 0.25) is 0 Å². The van der Waals surface area contributed by atoms with Crippen LogP contribution in [-0.2, 0) is 6.42 Å². The summed E-state index contributed by atoms with van der Waals surface area (Å²) in [6.07, 6.45) is 5.94. The van der Waals surface area contributed by atoms with E-state index in [4.69, 9.17) is 17.3 Å². The molecule has 2 heteroatoms. The fourth-order valence-corrected chi connectivity index (χ4v) is 3.04. The maximum Gasteiger partial charge on any atom is 0.0440 e. The number of benzene rings is 1. The molecule has 1 unspecified atom stereocenters. The fraction of sp³-hybridized carbons (Fsp3) is 0.538. The van der Waals surface area contributed by atoms with Gasteiger partial charge in [-0.05, 0) is 55.2 Å². The monoisotopic (exact) mass is 221 g/mol. The van der Waals surface area contributed by atoms with Gasteiger partial charge in [-0.2, -0.15) is 0 Å². The number of hydrogen-bond acceptors (Lipinski definition) is 1. The van der Waals surface area contributed by atoms with E-state index >= 15 is 0 Å². The molecule has 15 heavy (non-hydrogen) atoms. The Kier molecular flexibility index (Phi) is 2.08. The minimum Gasteiger partial charge on any atom is -0.325 e. The molecule has 1 nitrogen and oxygen atoms in total. The summed E-state index contributed by atoms with van der Waals surface area (Å²) in [4.78, 5) is 0. The molecule has 1 aromatic rings. The van der Waals surface area contributed by atoms with Crippen LogP contribution in [0, 0.1) is 0 Å². The first-order chi connectivity index (χ1) is 7.18. The van der Waals surface area contributed by atoms with Gasteiger partial charge in [0, 0.05) is 10.6 Å². The maximum atomic E-state index is 6.19. The van der Waals surface area contributed by atoms with Gasteiger partial charge in [0.1, 0.15) is 0 Å². The second-order valence-electron chi connectivity index (χ2n) is 5.11. The summed E-state index contributed by atoms with van der Waals surface area (Å²) in [5.41, 5.74) is 9.18. The molecule has 0 spiro atoms. The molecule has 1 fully saturated rings. The molecule has 1 saturated carbocycles. The molecule has 1 aromatic carbocycles. The Morgan fingerprint density at radius 2 is 2.20 bits per heavy atom. The highest BCUT2D eigenvalue weighted by molar-refractivity contribution is 6.31. The summed E-state index contributed by atoms with van der Waals surface area (Å²) < 4.78 is 0. The normalized spacial score (nSPS) is 26.4. The zero-order valence-corrected chi connectivity index (χ0v) is 9.56. The molecule has 1 atom stereocenters. The first kappa shape index (κ1) is 9.68. The average molecular weight is 222 g/mol. The van der Waals surface area contributed by atoms with Gasteiger partial charge in [-0.25, -0.2) is 0 Å². The highest BCUT2D eigenvalue weighted by Crippen LogP contribution is 2.46. The molecular formula is C13H16ClN. The second kappa shape index (κ2) is 3.23. The van der Waals surface area contributed by atoms with Crippen molar-refractivity contribution in [2.45, 2.75) is 43.6 Å². The Morgan fingerprint density at radius 1 is 1.40 bits per heavy atom. The lowest BCUT2D eigenvalue weighted by Gasteiger charge is -2.16. The van der Waals surface area contributed by atoms with Crippen LogP contribution in [0.1, 0.15) is 42.7 Å². The van der Waals surface area contributed by atoms with Crippen molar-refractivity contribution in [3.05, 3.63) is 34.3 Å². The zero-order chi connectivity index (χ0) is 10.5. The van der Waals surface area contributed by atoms with Crippen molar-refractivity contribution in [2.24, 2.45) is 5.73 Å². The highest BCUT2D eigenvalue weighted by atomic mass is 35.5. The minimum atomic E-state index is 0.161. The first-order valence-corrected chi connectivity index (χ1v) is 6.12. The van der Waals surface area contributed by atoms with Gasteiger partial charge in [-0.15, -0.1) is 0 Å². The third-order valence-electron chi connectivity index (χ3n) is 3.88. The molecule has 0 bridgehead atoms. The third kappa shape index (κ3) is 1.68. The number of rotatable bonds is 2. The third-order valence-corrected chi connectivity index (χ3v) is 4.24. The van der Waals surface area contributed by atoms with Gasteiger partial charge in [0.25, 0.3) is 0 Å². The molecule has 0 saturated heterocycles. The van der Waals surface area contributed by atoms with Crippen LogP contribution in [-0.4, -0.2) is 5.54 Å². The van der Waals surface area contributed by atoms with Gasteiger partial charge in [-0.3, -0.25) is 0 Å². The number of halogens is 1. The van der Waals surface area contributed by atoms with Gasteiger partial charge in [-0.1, -0.05) is 23.7 Å². The molecule has 2 aliphatic carbocycles. The standard InChI is InChI=1S/C13H16ClN/c14-12-3-1-2-10-9(4-5-11(10)12)8-13(15)6-7-13/h1-3,9H,4-8,15H2. The second-order valence-corrected chi connectivity index (χ2v) is 5.52. The lowest BCUT2D eigenvalue weighted by molar-refractivity contribution is 0.513. The van der Waals surface area contributed by atoms with Crippen LogP contribution in [0.15, 0.2) is 18.2 Å². The van der Waals surface area contributed by atoms with E-state index in [9.17, 15) is 0 Å². The van der Waals surface area contributed by atoms with E-state index in [-0.39, 0.29) is 5.54 Å². The van der Waals surface area contributed by atoms with Crippen LogP contribution in [0.4, 0.5) is 0 Å². The van der Waals surface area contributed by atoms with Crippen LogP contribution in [0.5, 0.6) is 0 Å². The minimum absolute atomic E-state index is 0.161. The van der Waals surface area contributed by atoms with E-state index < -0.39 is 0 Å². The molecule has 2 N–H and O–H groups in total. The van der Waals surface area contributed by atoms with E-state index in [1.54, 1.807) is 0 Å². The Labute approximate surface area is 95.6 Å². The summed E-state index contributed by atoms with van der Waals surface area (Å²) in [5, 5.41) is 0.942. The summed E-state index contributed by atoms with van der Waals surface area (Å²) in [5.74, 6) is 0.659. The van der Waals surface area contributed by atoms with Crippen LogP contribution >= 0.6 is 11.6 Å². The molecule has 0 heterocycles. The summed E-state index contributed by atoms with van der Waals surface area (Å²) in [6, 6.07) is 6.29. The van der Waals surface area contributed by atoms with Crippen LogP contribution in [0.25, 0.3) is 0 Å². The Hall–Kier alpha value is -0.530. The maximum absolute atomic E-state index is 6.19. The van der Waals surface area contributed by atoms with E-state index in [1.165, 1.54) is 30.4 Å². The predicted octanol–water partition coefficient (Wildman–Crippen LogP) is 3.25.